The van der Waals surface area contributed by atoms with Gasteiger partial charge in [0.15, 0.2) is 5.75 Å². The van der Waals surface area contributed by atoms with Crippen LogP contribution in [0, 0.1) is 0 Å². The molecule has 0 heterocycles. The summed E-state index contributed by atoms with van der Waals surface area (Å²) in [6.07, 6.45) is 0.359. The first-order valence-corrected chi connectivity index (χ1v) is 9.95. The third-order valence-corrected chi connectivity index (χ3v) is 5.60. The average molecular weight is 471 g/mol. The second-order valence-corrected chi connectivity index (χ2v) is 8.12. The van der Waals surface area contributed by atoms with Crippen LogP contribution in [0.2, 0.25) is 5.02 Å². The molecule has 0 amide bonds. The van der Waals surface area contributed by atoms with Crippen LogP contribution < -0.4 is 14.2 Å². The quantitative estimate of drug-likeness (QED) is 0.627. The summed E-state index contributed by atoms with van der Waals surface area (Å²) in [6, 6.07) is 8.79. The number of hydrogen-bond donors (Lipinski definition) is 1. The van der Waals surface area contributed by atoms with Crippen molar-refractivity contribution in [2.75, 3.05) is 13.7 Å². The van der Waals surface area contributed by atoms with Crippen molar-refractivity contribution in [2.24, 2.45) is 0 Å². The van der Waals surface area contributed by atoms with E-state index in [0.29, 0.717) is 10.9 Å². The van der Waals surface area contributed by atoms with E-state index in [2.05, 4.69) is 25.4 Å². The summed E-state index contributed by atoms with van der Waals surface area (Å²) in [4.78, 5) is -0.0833. The first-order chi connectivity index (χ1) is 12.2. The molecule has 26 heavy (non-hydrogen) atoms. The molecule has 0 spiro atoms. The van der Waals surface area contributed by atoms with E-state index in [-0.39, 0.29) is 28.0 Å². The molecule has 0 bridgehead atoms. The predicted octanol–water partition coefficient (Wildman–Crippen LogP) is 4.23. The molecule has 0 saturated heterocycles. The molecule has 0 fully saturated rings. The second-order valence-electron chi connectivity index (χ2n) is 5.09. The molecular weight excluding hydrogens is 456 g/mol. The normalized spacial score (nSPS) is 11.6. The van der Waals surface area contributed by atoms with E-state index in [1.54, 1.807) is 12.1 Å². The van der Waals surface area contributed by atoms with Crippen LogP contribution in [0.25, 0.3) is 0 Å². The lowest BCUT2D eigenvalue weighted by molar-refractivity contribution is -0.0498. The fourth-order valence-corrected chi connectivity index (χ4v) is 4.59. The van der Waals surface area contributed by atoms with Crippen LogP contribution in [-0.4, -0.2) is 28.7 Å². The Bertz CT molecular complexity index is 863. The van der Waals surface area contributed by atoms with Crippen molar-refractivity contribution < 1.29 is 26.7 Å². The Kier molecular flexibility index (Phi) is 7.22. The van der Waals surface area contributed by atoms with Gasteiger partial charge in [-0.25, -0.2) is 13.1 Å². The SMILES string of the molecule is COc1c(Br)cc(Cl)cc1S(=O)(=O)NCCc1ccc(OC(F)F)cc1. The number of halogens is 4. The Balaban J connectivity index is 2.05. The Morgan fingerprint density at radius 2 is 1.88 bits per heavy atom. The monoisotopic (exact) mass is 469 g/mol. The minimum Gasteiger partial charge on any atom is -0.494 e. The summed E-state index contributed by atoms with van der Waals surface area (Å²) in [7, 11) is -2.50. The first kappa shape index (κ1) is 20.9. The highest BCUT2D eigenvalue weighted by molar-refractivity contribution is 9.10. The van der Waals surface area contributed by atoms with E-state index in [1.807, 2.05) is 0 Å². The van der Waals surface area contributed by atoms with Gasteiger partial charge < -0.3 is 9.47 Å². The number of nitrogens with one attached hydrogen (secondary N) is 1. The lowest BCUT2D eigenvalue weighted by Crippen LogP contribution is -2.26. The third-order valence-electron chi connectivity index (χ3n) is 3.32. The number of alkyl halides is 2. The van der Waals surface area contributed by atoms with Gasteiger partial charge in [-0.1, -0.05) is 23.7 Å². The van der Waals surface area contributed by atoms with Crippen molar-refractivity contribution in [1.29, 1.82) is 0 Å². The van der Waals surface area contributed by atoms with E-state index in [0.717, 1.165) is 5.56 Å². The summed E-state index contributed by atoms with van der Waals surface area (Å²) >= 11 is 9.14. The Labute approximate surface area is 163 Å². The van der Waals surface area contributed by atoms with Crippen molar-refractivity contribution in [1.82, 2.24) is 4.72 Å². The van der Waals surface area contributed by atoms with Crippen LogP contribution in [0.3, 0.4) is 0 Å². The molecule has 0 radical (unpaired) electrons. The number of rotatable bonds is 8. The predicted molar refractivity (Wildman–Crippen MR) is 97.7 cm³/mol. The van der Waals surface area contributed by atoms with Crippen LogP contribution in [0.15, 0.2) is 45.8 Å². The van der Waals surface area contributed by atoms with Gasteiger partial charge in [-0.05, 0) is 52.2 Å². The van der Waals surface area contributed by atoms with Crippen LogP contribution in [0.4, 0.5) is 8.78 Å². The number of methoxy groups -OCH3 is 1. The summed E-state index contributed by atoms with van der Waals surface area (Å²) in [5.74, 6) is 0.188. The molecule has 0 atom stereocenters. The standard InChI is InChI=1S/C16H15BrClF2NO4S/c1-24-15-13(17)8-11(18)9-14(15)26(22,23)21-7-6-10-2-4-12(5-3-10)25-16(19)20/h2-5,8-9,16,21H,6-7H2,1H3. The van der Waals surface area contributed by atoms with Crippen LogP contribution in [0.5, 0.6) is 11.5 Å². The van der Waals surface area contributed by atoms with Crippen molar-refractivity contribution in [3.05, 3.63) is 51.5 Å². The molecule has 2 rings (SSSR count). The summed E-state index contributed by atoms with van der Waals surface area (Å²) < 4.78 is 61.5. The lowest BCUT2D eigenvalue weighted by Gasteiger charge is -2.13. The molecule has 1 N–H and O–H groups in total. The third kappa shape index (κ3) is 5.54. The fraction of sp³-hybridized carbons (Fsp3) is 0.250. The van der Waals surface area contributed by atoms with Gasteiger partial charge in [0.2, 0.25) is 10.0 Å². The number of benzene rings is 2. The lowest BCUT2D eigenvalue weighted by atomic mass is 10.1. The zero-order chi connectivity index (χ0) is 19.3. The molecule has 10 heteroatoms. The van der Waals surface area contributed by atoms with Gasteiger partial charge in [-0.2, -0.15) is 8.78 Å². The van der Waals surface area contributed by atoms with Gasteiger partial charge in [-0.3, -0.25) is 0 Å². The molecule has 0 unspecified atom stereocenters. The number of hydrogen-bond acceptors (Lipinski definition) is 4. The Hall–Kier alpha value is -1.42. The van der Waals surface area contributed by atoms with Gasteiger partial charge in [0.1, 0.15) is 10.6 Å². The molecular formula is C16H15BrClF2NO4S. The van der Waals surface area contributed by atoms with E-state index in [4.69, 9.17) is 16.3 Å². The average Bonchev–Trinajstić information content (AvgIpc) is 2.55. The zero-order valence-electron chi connectivity index (χ0n) is 13.5. The molecule has 5 nitrogen and oxygen atoms in total. The largest absolute Gasteiger partial charge is 0.494 e. The maximum Gasteiger partial charge on any atom is 0.387 e. The molecule has 0 aromatic heterocycles. The molecule has 0 aliphatic heterocycles. The number of sulfonamides is 1. The van der Waals surface area contributed by atoms with Gasteiger partial charge >= 0.3 is 6.61 Å². The minimum atomic E-state index is -3.86. The van der Waals surface area contributed by atoms with E-state index >= 15 is 0 Å². The maximum atomic E-state index is 12.5. The molecule has 2 aromatic rings. The number of ether oxygens (including phenoxy) is 2. The topological polar surface area (TPSA) is 64.6 Å². The van der Waals surface area contributed by atoms with Gasteiger partial charge in [0.25, 0.3) is 0 Å². The summed E-state index contributed by atoms with van der Waals surface area (Å²) in [5.41, 5.74) is 0.758. The fourth-order valence-electron chi connectivity index (χ4n) is 2.18. The highest BCUT2D eigenvalue weighted by Crippen LogP contribution is 2.35. The Morgan fingerprint density at radius 1 is 1.23 bits per heavy atom. The van der Waals surface area contributed by atoms with Crippen molar-refractivity contribution in [3.63, 3.8) is 0 Å². The second kappa shape index (κ2) is 8.98. The van der Waals surface area contributed by atoms with Crippen molar-refractivity contribution in [3.8, 4) is 11.5 Å². The van der Waals surface area contributed by atoms with Gasteiger partial charge in [0.05, 0.1) is 11.6 Å². The van der Waals surface area contributed by atoms with Crippen molar-refractivity contribution >= 4 is 37.6 Å². The summed E-state index contributed by atoms with van der Waals surface area (Å²) in [5, 5.41) is 0.243. The molecule has 2 aromatic carbocycles. The molecule has 0 aliphatic rings. The summed E-state index contributed by atoms with van der Waals surface area (Å²) in [6.45, 7) is -2.79. The smallest absolute Gasteiger partial charge is 0.387 e. The molecule has 142 valence electrons. The first-order valence-electron chi connectivity index (χ1n) is 7.29. The zero-order valence-corrected chi connectivity index (χ0v) is 16.7. The van der Waals surface area contributed by atoms with E-state index < -0.39 is 16.6 Å². The molecule has 0 aliphatic carbocycles. The maximum absolute atomic E-state index is 12.5. The van der Waals surface area contributed by atoms with E-state index in [1.165, 1.54) is 31.4 Å². The minimum absolute atomic E-state index is 0.0397. The Morgan fingerprint density at radius 3 is 2.46 bits per heavy atom. The van der Waals surface area contributed by atoms with Crippen LogP contribution in [-0.2, 0) is 16.4 Å². The van der Waals surface area contributed by atoms with Gasteiger partial charge in [-0.15, -0.1) is 0 Å². The van der Waals surface area contributed by atoms with Crippen LogP contribution >= 0.6 is 27.5 Å². The van der Waals surface area contributed by atoms with E-state index in [9.17, 15) is 17.2 Å². The van der Waals surface area contributed by atoms with Crippen molar-refractivity contribution in [2.45, 2.75) is 17.9 Å². The van der Waals surface area contributed by atoms with Gasteiger partial charge in [0, 0.05) is 11.6 Å². The molecule has 0 saturated carbocycles. The van der Waals surface area contributed by atoms with Crippen LogP contribution in [0.1, 0.15) is 5.56 Å². The highest BCUT2D eigenvalue weighted by Gasteiger charge is 2.22. The highest BCUT2D eigenvalue weighted by atomic mass is 79.9.